The molecule has 1 unspecified atom stereocenters. The fraction of sp³-hybridized carbons (Fsp3) is 1.00. The van der Waals surface area contributed by atoms with Gasteiger partial charge in [-0.15, -0.1) is 0 Å². The number of rotatable bonds is 13. The second-order valence-corrected chi connectivity index (χ2v) is 7.94. The van der Waals surface area contributed by atoms with Crippen molar-refractivity contribution in [3.05, 3.63) is 0 Å². The van der Waals surface area contributed by atoms with Crippen molar-refractivity contribution in [3.63, 3.8) is 0 Å². The van der Waals surface area contributed by atoms with Crippen LogP contribution in [0, 0.1) is 0 Å². The van der Waals surface area contributed by atoms with Crippen LogP contribution in [-0.2, 0) is 0 Å². The molecule has 0 bridgehead atoms. The van der Waals surface area contributed by atoms with Crippen molar-refractivity contribution in [1.82, 2.24) is 5.32 Å². The minimum atomic E-state index is -6.76. The first-order valence-corrected chi connectivity index (χ1v) is 8.83. The topological polar surface area (TPSA) is 12.0 Å². The fourth-order valence-electron chi connectivity index (χ4n) is 2.86. The summed E-state index contributed by atoms with van der Waals surface area (Å²) in [7, 11) is 0. The molecule has 0 aliphatic heterocycles. The van der Waals surface area contributed by atoms with E-state index in [2.05, 4.69) is 0 Å². The lowest BCUT2D eigenvalue weighted by Crippen LogP contribution is -2.62. The first kappa shape index (κ1) is 31.8. The molecular formula is C16H19F16N. The highest BCUT2D eigenvalue weighted by Gasteiger charge is 2.77. The van der Waals surface area contributed by atoms with Gasteiger partial charge in [-0.2, -0.15) is 52.7 Å². The molecule has 1 N–H and O–H groups in total. The molecule has 0 saturated carbocycles. The van der Waals surface area contributed by atoms with Gasteiger partial charge < -0.3 is 5.32 Å². The van der Waals surface area contributed by atoms with Crippen LogP contribution >= 0.6 is 0 Å². The Bertz CT molecular complexity index is 644. The van der Waals surface area contributed by atoms with Gasteiger partial charge in [0.05, 0.1) is 0 Å². The van der Waals surface area contributed by atoms with E-state index in [1.165, 1.54) is 0 Å². The Morgan fingerprint density at radius 2 is 0.909 bits per heavy atom. The van der Waals surface area contributed by atoms with E-state index in [9.17, 15) is 70.2 Å². The molecule has 0 aromatic heterocycles. The van der Waals surface area contributed by atoms with Crippen LogP contribution in [0.3, 0.4) is 0 Å². The molecule has 0 aliphatic rings. The van der Waals surface area contributed by atoms with Crippen molar-refractivity contribution < 1.29 is 70.2 Å². The summed E-state index contributed by atoms with van der Waals surface area (Å²) in [6.45, 7) is 2.46. The van der Waals surface area contributed by atoms with Gasteiger partial charge in [0, 0.05) is 24.4 Å². The van der Waals surface area contributed by atoms with Gasteiger partial charge in [0.25, 0.3) is 0 Å². The maximum Gasteiger partial charge on any atom is 0.377 e. The monoisotopic (exact) mass is 529 g/mol. The summed E-state index contributed by atoms with van der Waals surface area (Å²) in [6.07, 6.45) is -17.6. The van der Waals surface area contributed by atoms with Crippen LogP contribution in [0.4, 0.5) is 70.2 Å². The Balaban J connectivity index is 6.08. The molecule has 1 atom stereocenters. The summed E-state index contributed by atoms with van der Waals surface area (Å²) in [5, 5.41) is 1.89. The molecule has 0 spiro atoms. The SMILES string of the molecule is CC(C)NC(C)(CCC(F)(F)C(F)(F)C(F)(F)C(F)F)CC(F)(F)C(F)(F)C(F)(F)C(F)F. The van der Waals surface area contributed by atoms with Crippen molar-refractivity contribution in [2.24, 2.45) is 0 Å². The maximum atomic E-state index is 14.0. The molecule has 33 heavy (non-hydrogen) atoms. The van der Waals surface area contributed by atoms with Gasteiger partial charge in [0.2, 0.25) is 0 Å². The van der Waals surface area contributed by atoms with Crippen molar-refractivity contribution in [3.8, 4) is 0 Å². The Hall–Kier alpha value is -1.16. The van der Waals surface area contributed by atoms with E-state index in [1.54, 1.807) is 0 Å². The van der Waals surface area contributed by atoms with Crippen molar-refractivity contribution in [2.45, 2.75) is 100 Å². The third-order valence-electron chi connectivity index (χ3n) is 4.54. The van der Waals surface area contributed by atoms with Gasteiger partial charge in [-0.3, -0.25) is 0 Å². The predicted molar refractivity (Wildman–Crippen MR) is 82.2 cm³/mol. The largest absolute Gasteiger partial charge is 0.377 e. The minimum Gasteiger partial charge on any atom is -0.309 e. The van der Waals surface area contributed by atoms with E-state index >= 15 is 0 Å². The minimum absolute atomic E-state index is 0.344. The molecule has 0 heterocycles. The van der Waals surface area contributed by atoms with Gasteiger partial charge in [-0.1, -0.05) is 13.8 Å². The number of hydrogen-bond acceptors (Lipinski definition) is 1. The number of alkyl halides is 16. The summed E-state index contributed by atoms with van der Waals surface area (Å²) in [5.74, 6) is -38.8. The Labute approximate surface area is 176 Å². The smallest absolute Gasteiger partial charge is 0.309 e. The highest BCUT2D eigenvalue weighted by Crippen LogP contribution is 2.53. The summed E-state index contributed by atoms with van der Waals surface area (Å²) < 4.78 is 210. The maximum absolute atomic E-state index is 14.0. The van der Waals surface area contributed by atoms with Crippen LogP contribution in [0.1, 0.15) is 40.0 Å². The molecular weight excluding hydrogens is 510 g/mol. The fourth-order valence-corrected chi connectivity index (χ4v) is 2.86. The van der Waals surface area contributed by atoms with E-state index < -0.39 is 79.2 Å². The lowest BCUT2D eigenvalue weighted by atomic mass is 9.83. The molecule has 0 aromatic rings. The molecule has 1 nitrogen and oxygen atoms in total. The number of nitrogens with one attached hydrogen (secondary N) is 1. The average molecular weight is 529 g/mol. The zero-order chi connectivity index (χ0) is 27.1. The lowest BCUT2D eigenvalue weighted by Gasteiger charge is -2.41. The molecule has 17 heteroatoms. The van der Waals surface area contributed by atoms with E-state index in [1.807, 2.05) is 5.32 Å². The second kappa shape index (κ2) is 9.47. The first-order valence-electron chi connectivity index (χ1n) is 8.83. The quantitative estimate of drug-likeness (QED) is 0.248. The molecule has 0 saturated heterocycles. The summed E-state index contributed by atoms with van der Waals surface area (Å²) in [6, 6.07) is -1.13. The van der Waals surface area contributed by atoms with E-state index in [4.69, 9.17) is 0 Å². The van der Waals surface area contributed by atoms with Crippen molar-refractivity contribution in [1.29, 1.82) is 0 Å². The summed E-state index contributed by atoms with van der Waals surface area (Å²) in [5.41, 5.74) is -2.95. The van der Waals surface area contributed by atoms with Crippen LogP contribution in [-0.4, -0.2) is 60.0 Å². The molecule has 0 fully saturated rings. The van der Waals surface area contributed by atoms with Gasteiger partial charge in [-0.05, 0) is 13.3 Å². The van der Waals surface area contributed by atoms with Gasteiger partial charge >= 0.3 is 48.4 Å². The third kappa shape index (κ3) is 6.10. The van der Waals surface area contributed by atoms with Gasteiger partial charge in [0.15, 0.2) is 0 Å². The van der Waals surface area contributed by atoms with E-state index in [0.29, 0.717) is 6.92 Å². The van der Waals surface area contributed by atoms with Crippen LogP contribution in [0.2, 0.25) is 0 Å². The Morgan fingerprint density at radius 1 is 0.576 bits per heavy atom. The standard InChI is InChI=1S/C16H19F16N/c1-7(2)33-10(3,6-12(23,24)16(31,32)14(27,28)9(19)20)4-5-11(21,22)15(29,30)13(25,26)8(17)18/h7-9,33H,4-6H2,1-3H3. The van der Waals surface area contributed by atoms with Crippen LogP contribution in [0.25, 0.3) is 0 Å². The Morgan fingerprint density at radius 3 is 1.21 bits per heavy atom. The van der Waals surface area contributed by atoms with Crippen LogP contribution in [0.15, 0.2) is 0 Å². The molecule has 0 aliphatic carbocycles. The molecule has 0 radical (unpaired) electrons. The summed E-state index contributed by atoms with van der Waals surface area (Å²) >= 11 is 0. The predicted octanol–water partition coefficient (Wildman–Crippen LogP) is 7.26. The molecule has 0 rings (SSSR count). The molecule has 200 valence electrons. The van der Waals surface area contributed by atoms with Gasteiger partial charge in [-0.25, -0.2) is 17.6 Å². The zero-order valence-electron chi connectivity index (χ0n) is 16.9. The number of halogens is 16. The van der Waals surface area contributed by atoms with E-state index in [-0.39, 0.29) is 0 Å². The molecule has 0 aromatic carbocycles. The highest BCUT2D eigenvalue weighted by molar-refractivity contribution is 5.04. The van der Waals surface area contributed by atoms with Crippen LogP contribution < -0.4 is 5.32 Å². The van der Waals surface area contributed by atoms with Crippen molar-refractivity contribution >= 4 is 0 Å². The van der Waals surface area contributed by atoms with Crippen LogP contribution in [0.5, 0.6) is 0 Å². The highest BCUT2D eigenvalue weighted by atomic mass is 19.4. The number of hydrogen-bond donors (Lipinski definition) is 1. The third-order valence-corrected chi connectivity index (χ3v) is 4.54. The van der Waals surface area contributed by atoms with E-state index in [0.717, 1.165) is 13.8 Å². The summed E-state index contributed by atoms with van der Waals surface area (Å²) in [4.78, 5) is 0. The molecule has 0 amide bonds. The average Bonchev–Trinajstić information content (AvgIpc) is 2.57. The van der Waals surface area contributed by atoms with Gasteiger partial charge in [0.1, 0.15) is 0 Å². The Kier molecular flexibility index (Phi) is 9.14. The van der Waals surface area contributed by atoms with Crippen molar-refractivity contribution in [2.75, 3.05) is 0 Å². The lowest BCUT2D eigenvalue weighted by molar-refractivity contribution is -0.345. The first-order chi connectivity index (χ1) is 14.2. The normalized spacial score (nSPS) is 17.3. The zero-order valence-corrected chi connectivity index (χ0v) is 16.9. The second-order valence-electron chi connectivity index (χ2n) is 7.94.